The lowest BCUT2D eigenvalue weighted by atomic mass is 9.99. The first-order chi connectivity index (χ1) is 12.5. The Morgan fingerprint density at radius 3 is 2.46 bits per heavy atom. The maximum Gasteiger partial charge on any atom is 0.338 e. The molecule has 0 bridgehead atoms. The number of ketones is 1. The molecule has 6 heteroatoms. The number of hydrogen-bond donors (Lipinski definition) is 1. The zero-order chi connectivity index (χ0) is 18.7. The van der Waals surface area contributed by atoms with Crippen LogP contribution in [0.15, 0.2) is 42.5 Å². The van der Waals surface area contributed by atoms with Crippen LogP contribution in [0.5, 0.6) is 5.75 Å². The summed E-state index contributed by atoms with van der Waals surface area (Å²) in [5.41, 5.74) is 2.24. The molecule has 1 N–H and O–H groups in total. The first-order valence-corrected chi connectivity index (χ1v) is 8.37. The van der Waals surface area contributed by atoms with Crippen molar-refractivity contribution >= 4 is 23.3 Å². The fraction of sp³-hybridized carbons (Fsp3) is 0.250. The van der Waals surface area contributed by atoms with Gasteiger partial charge in [0, 0.05) is 11.3 Å². The minimum Gasteiger partial charge on any atom is -0.494 e. The maximum absolute atomic E-state index is 12.3. The number of anilines is 1. The third-order valence-corrected chi connectivity index (χ3v) is 4.23. The summed E-state index contributed by atoms with van der Waals surface area (Å²) in [5.74, 6) is -0.627. The average molecular weight is 353 g/mol. The van der Waals surface area contributed by atoms with Gasteiger partial charge in [-0.25, -0.2) is 4.79 Å². The molecule has 2 aromatic carbocycles. The van der Waals surface area contributed by atoms with Crippen molar-refractivity contribution in [2.45, 2.75) is 19.8 Å². The monoisotopic (exact) mass is 353 g/mol. The van der Waals surface area contributed by atoms with E-state index in [1.54, 1.807) is 49.4 Å². The Kier molecular flexibility index (Phi) is 5.02. The van der Waals surface area contributed by atoms with Crippen molar-refractivity contribution in [2.75, 3.05) is 18.5 Å². The molecular weight excluding hydrogens is 334 g/mol. The topological polar surface area (TPSA) is 81.7 Å². The van der Waals surface area contributed by atoms with Gasteiger partial charge in [0.2, 0.25) is 5.91 Å². The second-order valence-electron chi connectivity index (χ2n) is 5.97. The lowest BCUT2D eigenvalue weighted by Gasteiger charge is -2.07. The van der Waals surface area contributed by atoms with E-state index >= 15 is 0 Å². The van der Waals surface area contributed by atoms with E-state index < -0.39 is 5.97 Å². The van der Waals surface area contributed by atoms with Gasteiger partial charge in [0.15, 0.2) is 12.4 Å². The molecule has 0 saturated heterocycles. The number of carbonyl (C=O) groups excluding carboxylic acids is 3. The van der Waals surface area contributed by atoms with E-state index in [1.165, 1.54) is 0 Å². The summed E-state index contributed by atoms with van der Waals surface area (Å²) in [6, 6.07) is 11.5. The van der Waals surface area contributed by atoms with Crippen LogP contribution in [-0.4, -0.2) is 30.9 Å². The molecule has 3 rings (SSSR count). The summed E-state index contributed by atoms with van der Waals surface area (Å²) in [7, 11) is 0. The van der Waals surface area contributed by atoms with Crippen molar-refractivity contribution in [3.8, 4) is 5.75 Å². The van der Waals surface area contributed by atoms with Crippen LogP contribution in [0.25, 0.3) is 0 Å². The third kappa shape index (κ3) is 3.59. The highest BCUT2D eigenvalue weighted by atomic mass is 16.5. The second-order valence-corrected chi connectivity index (χ2v) is 5.97. The number of rotatable bonds is 6. The maximum atomic E-state index is 12.3. The standard InChI is InChI=1S/C20H19NO5/c1-3-25-15-7-4-13(5-8-15)20(24)26-11-18(22)14-6-9-17-16(10-14)12(2)19(23)21-17/h4-10,12H,3,11H2,1-2H3,(H,21,23)/t12-/m0/s1. The molecule has 1 aliphatic rings. The molecule has 0 fully saturated rings. The van der Waals surface area contributed by atoms with Gasteiger partial charge in [-0.15, -0.1) is 0 Å². The Hall–Kier alpha value is -3.15. The SMILES string of the molecule is CCOc1ccc(C(=O)OCC(=O)c2ccc3c(c2)[C@H](C)C(=O)N3)cc1. The molecule has 0 spiro atoms. The van der Waals surface area contributed by atoms with Crippen molar-refractivity contribution in [2.24, 2.45) is 0 Å². The molecule has 0 aliphatic carbocycles. The third-order valence-electron chi connectivity index (χ3n) is 4.23. The highest BCUT2D eigenvalue weighted by Gasteiger charge is 2.27. The number of carbonyl (C=O) groups is 3. The number of fused-ring (bicyclic) bond motifs is 1. The molecule has 0 unspecified atom stereocenters. The van der Waals surface area contributed by atoms with Crippen molar-refractivity contribution < 1.29 is 23.9 Å². The molecule has 26 heavy (non-hydrogen) atoms. The Bertz CT molecular complexity index is 857. The fourth-order valence-corrected chi connectivity index (χ4v) is 2.74. The van der Waals surface area contributed by atoms with Gasteiger partial charge in [0.25, 0.3) is 0 Å². The van der Waals surface area contributed by atoms with Crippen LogP contribution in [0.4, 0.5) is 5.69 Å². The van der Waals surface area contributed by atoms with Gasteiger partial charge >= 0.3 is 5.97 Å². The van der Waals surface area contributed by atoms with Crippen LogP contribution in [-0.2, 0) is 9.53 Å². The molecule has 0 aromatic heterocycles. The number of nitrogens with one attached hydrogen (secondary N) is 1. The number of ether oxygens (including phenoxy) is 2. The number of amides is 1. The second kappa shape index (κ2) is 7.39. The van der Waals surface area contributed by atoms with Crippen molar-refractivity contribution in [1.82, 2.24) is 0 Å². The summed E-state index contributed by atoms with van der Waals surface area (Å²) in [5, 5.41) is 2.75. The van der Waals surface area contributed by atoms with Crippen molar-refractivity contribution in [3.05, 3.63) is 59.2 Å². The molecule has 6 nitrogen and oxygen atoms in total. The lowest BCUT2D eigenvalue weighted by Crippen LogP contribution is -2.14. The van der Waals surface area contributed by atoms with E-state index in [0.29, 0.717) is 29.2 Å². The number of hydrogen-bond acceptors (Lipinski definition) is 5. The molecule has 0 saturated carbocycles. The predicted octanol–water partition coefficient (Wildman–Crippen LogP) is 3.18. The van der Waals surface area contributed by atoms with E-state index in [4.69, 9.17) is 9.47 Å². The van der Waals surface area contributed by atoms with Gasteiger partial charge in [-0.2, -0.15) is 0 Å². The molecule has 134 valence electrons. The Morgan fingerprint density at radius 2 is 1.77 bits per heavy atom. The lowest BCUT2D eigenvalue weighted by molar-refractivity contribution is -0.116. The summed E-state index contributed by atoms with van der Waals surface area (Å²) >= 11 is 0. The zero-order valence-corrected chi connectivity index (χ0v) is 14.6. The smallest absolute Gasteiger partial charge is 0.338 e. The molecule has 0 radical (unpaired) electrons. The molecule has 1 amide bonds. The minimum absolute atomic E-state index is 0.0912. The van der Waals surface area contributed by atoms with E-state index in [-0.39, 0.29) is 24.2 Å². The summed E-state index contributed by atoms with van der Waals surface area (Å²) in [6.07, 6.45) is 0. The molecule has 1 atom stereocenters. The van der Waals surface area contributed by atoms with E-state index in [1.807, 2.05) is 6.92 Å². The van der Waals surface area contributed by atoms with E-state index in [0.717, 1.165) is 5.56 Å². The number of esters is 1. The van der Waals surface area contributed by atoms with Crippen molar-refractivity contribution in [3.63, 3.8) is 0 Å². The van der Waals surface area contributed by atoms with Gasteiger partial charge < -0.3 is 14.8 Å². The van der Waals surface area contributed by atoms with Crippen LogP contribution in [0.2, 0.25) is 0 Å². The Morgan fingerprint density at radius 1 is 1.08 bits per heavy atom. The average Bonchev–Trinajstić information content (AvgIpc) is 2.94. The largest absolute Gasteiger partial charge is 0.494 e. The highest BCUT2D eigenvalue weighted by molar-refractivity contribution is 6.05. The molecule has 1 aliphatic heterocycles. The van der Waals surface area contributed by atoms with Crippen LogP contribution in [0, 0.1) is 0 Å². The van der Waals surface area contributed by atoms with E-state index in [9.17, 15) is 14.4 Å². The van der Waals surface area contributed by atoms with Gasteiger partial charge in [0.1, 0.15) is 5.75 Å². The first-order valence-electron chi connectivity index (χ1n) is 8.37. The van der Waals surface area contributed by atoms with Crippen LogP contribution >= 0.6 is 0 Å². The normalized spacial score (nSPS) is 15.2. The summed E-state index contributed by atoms with van der Waals surface area (Å²) < 4.78 is 10.4. The molecule has 1 heterocycles. The van der Waals surface area contributed by atoms with Gasteiger partial charge in [-0.05, 0) is 61.9 Å². The van der Waals surface area contributed by atoms with Crippen LogP contribution in [0.1, 0.15) is 46.0 Å². The quantitative estimate of drug-likeness (QED) is 0.637. The van der Waals surface area contributed by atoms with Crippen molar-refractivity contribution in [1.29, 1.82) is 0 Å². The van der Waals surface area contributed by atoms with Crippen LogP contribution in [0.3, 0.4) is 0 Å². The minimum atomic E-state index is -0.576. The molecular formula is C20H19NO5. The van der Waals surface area contributed by atoms with E-state index in [2.05, 4.69) is 5.32 Å². The first kappa shape index (κ1) is 17.7. The number of Topliss-reactive ketones (excluding diaryl/α,β-unsaturated/α-hetero) is 1. The van der Waals surface area contributed by atoms with Gasteiger partial charge in [-0.1, -0.05) is 0 Å². The summed E-state index contributed by atoms with van der Waals surface area (Å²) in [6.45, 7) is 3.83. The van der Waals surface area contributed by atoms with Gasteiger partial charge in [-0.3, -0.25) is 9.59 Å². The number of benzene rings is 2. The zero-order valence-electron chi connectivity index (χ0n) is 14.6. The molecule has 2 aromatic rings. The highest BCUT2D eigenvalue weighted by Crippen LogP contribution is 2.32. The Labute approximate surface area is 151 Å². The van der Waals surface area contributed by atoms with Gasteiger partial charge in [0.05, 0.1) is 18.1 Å². The predicted molar refractivity (Wildman–Crippen MR) is 95.7 cm³/mol. The summed E-state index contributed by atoms with van der Waals surface area (Å²) in [4.78, 5) is 36.0. The Balaban J connectivity index is 1.62. The van der Waals surface area contributed by atoms with Crippen LogP contribution < -0.4 is 10.1 Å². The fourth-order valence-electron chi connectivity index (χ4n) is 2.74.